The molecule has 0 aliphatic carbocycles. The number of sulfonamides is 1. The fourth-order valence-corrected chi connectivity index (χ4v) is 3.32. The lowest BCUT2D eigenvalue weighted by molar-refractivity contribution is 0.340. The number of aromatic nitrogens is 1. The van der Waals surface area contributed by atoms with Gasteiger partial charge in [0.25, 0.3) is 10.0 Å². The van der Waals surface area contributed by atoms with Crippen LogP contribution in [0.2, 0.25) is 10.0 Å². The van der Waals surface area contributed by atoms with E-state index in [0.29, 0.717) is 23.1 Å². The molecule has 2 rings (SSSR count). The van der Waals surface area contributed by atoms with Crippen molar-refractivity contribution in [1.82, 2.24) is 4.98 Å². The van der Waals surface area contributed by atoms with Gasteiger partial charge in [0.15, 0.2) is 0 Å². The van der Waals surface area contributed by atoms with E-state index in [1.165, 1.54) is 24.5 Å². The van der Waals surface area contributed by atoms with Crippen LogP contribution in [0, 0.1) is 0 Å². The summed E-state index contributed by atoms with van der Waals surface area (Å²) in [7, 11) is -3.83. The Morgan fingerprint density at radius 2 is 2.00 bits per heavy atom. The molecular formula is C13H12Cl2N2O3S. The molecule has 0 radical (unpaired) electrons. The molecule has 0 aliphatic heterocycles. The standard InChI is InChI=1S/C13H12Cl2N2O3S/c1-2-20-12-4-3-9(7-11(12)15)17-21(18,19)13-8-16-6-5-10(13)14/h3-8,17H,2H2,1H3. The first-order valence-electron chi connectivity index (χ1n) is 5.98. The summed E-state index contributed by atoms with van der Waals surface area (Å²) in [5.41, 5.74) is 0.309. The monoisotopic (exact) mass is 346 g/mol. The van der Waals surface area contributed by atoms with Crippen molar-refractivity contribution in [3.63, 3.8) is 0 Å². The molecule has 0 unspecified atom stereocenters. The molecule has 1 aromatic carbocycles. The normalized spacial score (nSPS) is 11.2. The van der Waals surface area contributed by atoms with Crippen LogP contribution in [0.4, 0.5) is 5.69 Å². The SMILES string of the molecule is CCOc1ccc(NS(=O)(=O)c2cnccc2Cl)cc1Cl. The number of ether oxygens (including phenoxy) is 1. The fourth-order valence-electron chi connectivity index (χ4n) is 1.61. The van der Waals surface area contributed by atoms with E-state index in [1.54, 1.807) is 12.1 Å². The first-order chi connectivity index (χ1) is 9.94. The fraction of sp³-hybridized carbons (Fsp3) is 0.154. The highest BCUT2D eigenvalue weighted by atomic mass is 35.5. The van der Waals surface area contributed by atoms with E-state index in [1.807, 2.05) is 6.92 Å². The van der Waals surface area contributed by atoms with Gasteiger partial charge < -0.3 is 4.74 Å². The summed E-state index contributed by atoms with van der Waals surface area (Å²) in [6.07, 6.45) is 2.59. The van der Waals surface area contributed by atoms with Crippen LogP contribution in [0.5, 0.6) is 5.75 Å². The zero-order chi connectivity index (χ0) is 15.5. The Kier molecular flexibility index (Phi) is 4.92. The van der Waals surface area contributed by atoms with E-state index >= 15 is 0 Å². The van der Waals surface area contributed by atoms with Crippen LogP contribution in [0.25, 0.3) is 0 Å². The molecule has 0 atom stereocenters. The quantitative estimate of drug-likeness (QED) is 0.898. The number of halogens is 2. The second-order valence-corrected chi connectivity index (χ2v) is 6.46. The summed E-state index contributed by atoms with van der Waals surface area (Å²) < 4.78 is 32.1. The van der Waals surface area contributed by atoms with Gasteiger partial charge in [0.2, 0.25) is 0 Å². The summed E-state index contributed by atoms with van der Waals surface area (Å²) in [6, 6.07) is 6.02. The Balaban J connectivity index is 2.29. The van der Waals surface area contributed by atoms with Crippen molar-refractivity contribution >= 4 is 38.9 Å². The van der Waals surface area contributed by atoms with Crippen LogP contribution in [0.3, 0.4) is 0 Å². The molecule has 0 amide bonds. The maximum absolute atomic E-state index is 12.2. The maximum atomic E-state index is 12.2. The first-order valence-corrected chi connectivity index (χ1v) is 8.22. The predicted molar refractivity (Wildman–Crippen MR) is 82.7 cm³/mol. The van der Waals surface area contributed by atoms with E-state index in [-0.39, 0.29) is 9.92 Å². The van der Waals surface area contributed by atoms with E-state index in [4.69, 9.17) is 27.9 Å². The Hall–Kier alpha value is -1.50. The number of hydrogen-bond donors (Lipinski definition) is 1. The number of anilines is 1. The molecule has 1 heterocycles. The zero-order valence-electron chi connectivity index (χ0n) is 11.0. The Morgan fingerprint density at radius 3 is 2.62 bits per heavy atom. The molecule has 1 aromatic heterocycles. The van der Waals surface area contributed by atoms with Crippen LogP contribution in [0.1, 0.15) is 6.92 Å². The molecule has 0 bridgehead atoms. The summed E-state index contributed by atoms with van der Waals surface area (Å²) in [4.78, 5) is 3.66. The molecule has 8 heteroatoms. The Labute approximate surface area is 132 Å². The second kappa shape index (κ2) is 6.51. The molecular weight excluding hydrogens is 335 g/mol. The number of hydrogen-bond acceptors (Lipinski definition) is 4. The molecule has 0 saturated carbocycles. The molecule has 112 valence electrons. The van der Waals surface area contributed by atoms with Crippen LogP contribution >= 0.6 is 23.2 Å². The molecule has 0 fully saturated rings. The highest BCUT2D eigenvalue weighted by Crippen LogP contribution is 2.29. The molecule has 1 N–H and O–H groups in total. The second-order valence-electron chi connectivity index (χ2n) is 3.99. The van der Waals surface area contributed by atoms with Gasteiger partial charge in [-0.3, -0.25) is 9.71 Å². The molecule has 5 nitrogen and oxygen atoms in total. The smallest absolute Gasteiger partial charge is 0.264 e. The molecule has 0 saturated heterocycles. The number of pyridine rings is 1. The van der Waals surface area contributed by atoms with Crippen LogP contribution < -0.4 is 9.46 Å². The predicted octanol–water partition coefficient (Wildman–Crippen LogP) is 3.59. The van der Waals surface area contributed by atoms with Crippen molar-refractivity contribution < 1.29 is 13.2 Å². The van der Waals surface area contributed by atoms with Gasteiger partial charge in [0.1, 0.15) is 10.6 Å². The van der Waals surface area contributed by atoms with Crippen LogP contribution in [-0.4, -0.2) is 20.0 Å². The lowest BCUT2D eigenvalue weighted by Gasteiger charge is -2.11. The Morgan fingerprint density at radius 1 is 1.24 bits per heavy atom. The largest absolute Gasteiger partial charge is 0.492 e. The summed E-state index contributed by atoms with van der Waals surface area (Å²) in [6.45, 7) is 2.30. The third-order valence-electron chi connectivity index (χ3n) is 2.51. The van der Waals surface area contributed by atoms with Crippen molar-refractivity contribution in [2.24, 2.45) is 0 Å². The zero-order valence-corrected chi connectivity index (χ0v) is 13.3. The minimum Gasteiger partial charge on any atom is -0.492 e. The van der Waals surface area contributed by atoms with Gasteiger partial charge in [0.05, 0.1) is 22.3 Å². The van der Waals surface area contributed by atoms with Crippen LogP contribution in [-0.2, 0) is 10.0 Å². The number of nitrogens with one attached hydrogen (secondary N) is 1. The minimum atomic E-state index is -3.83. The number of benzene rings is 1. The average Bonchev–Trinajstić information content (AvgIpc) is 2.42. The third kappa shape index (κ3) is 3.78. The molecule has 0 aliphatic rings. The van der Waals surface area contributed by atoms with Gasteiger partial charge in [-0.05, 0) is 31.2 Å². The van der Waals surface area contributed by atoms with Gasteiger partial charge in [-0.2, -0.15) is 0 Å². The van der Waals surface area contributed by atoms with Gasteiger partial charge in [-0.25, -0.2) is 8.42 Å². The van der Waals surface area contributed by atoms with E-state index < -0.39 is 10.0 Å². The van der Waals surface area contributed by atoms with Crippen molar-refractivity contribution in [3.05, 3.63) is 46.7 Å². The first kappa shape index (κ1) is 15.9. The number of rotatable bonds is 5. The van der Waals surface area contributed by atoms with Gasteiger partial charge in [-0.1, -0.05) is 23.2 Å². The molecule has 2 aromatic rings. The third-order valence-corrected chi connectivity index (χ3v) is 4.65. The Bertz CT molecular complexity index is 751. The summed E-state index contributed by atoms with van der Waals surface area (Å²) in [5.74, 6) is 0.488. The summed E-state index contributed by atoms with van der Waals surface area (Å²) >= 11 is 11.9. The van der Waals surface area contributed by atoms with Gasteiger partial charge in [-0.15, -0.1) is 0 Å². The van der Waals surface area contributed by atoms with Gasteiger partial charge in [0, 0.05) is 12.4 Å². The summed E-state index contributed by atoms with van der Waals surface area (Å²) in [5, 5.41) is 0.406. The van der Waals surface area contributed by atoms with Crippen molar-refractivity contribution in [2.45, 2.75) is 11.8 Å². The molecule has 0 spiro atoms. The van der Waals surface area contributed by atoms with E-state index in [9.17, 15) is 8.42 Å². The van der Waals surface area contributed by atoms with E-state index in [2.05, 4.69) is 9.71 Å². The molecule has 21 heavy (non-hydrogen) atoms. The maximum Gasteiger partial charge on any atom is 0.264 e. The van der Waals surface area contributed by atoms with Crippen molar-refractivity contribution in [1.29, 1.82) is 0 Å². The highest BCUT2D eigenvalue weighted by Gasteiger charge is 2.18. The lowest BCUT2D eigenvalue weighted by atomic mass is 10.3. The van der Waals surface area contributed by atoms with Crippen molar-refractivity contribution in [2.75, 3.05) is 11.3 Å². The topological polar surface area (TPSA) is 68.3 Å². The highest BCUT2D eigenvalue weighted by molar-refractivity contribution is 7.92. The minimum absolute atomic E-state index is 0.0922. The van der Waals surface area contributed by atoms with Crippen molar-refractivity contribution in [3.8, 4) is 5.75 Å². The lowest BCUT2D eigenvalue weighted by Crippen LogP contribution is -2.13. The number of nitrogens with zero attached hydrogens (tertiary/aromatic N) is 1. The van der Waals surface area contributed by atoms with Crippen LogP contribution in [0.15, 0.2) is 41.6 Å². The van der Waals surface area contributed by atoms with E-state index in [0.717, 1.165) is 0 Å². The average molecular weight is 347 g/mol. The van der Waals surface area contributed by atoms with Gasteiger partial charge >= 0.3 is 0 Å².